The predicted octanol–water partition coefficient (Wildman–Crippen LogP) is 0.950. The molecule has 0 bridgehead atoms. The van der Waals surface area contributed by atoms with Crippen molar-refractivity contribution < 1.29 is 8.42 Å². The number of sulfone groups is 1. The van der Waals surface area contributed by atoms with E-state index in [1.54, 1.807) is 0 Å². The lowest BCUT2D eigenvalue weighted by molar-refractivity contribution is 0.368. The molecule has 0 aromatic rings. The van der Waals surface area contributed by atoms with Crippen LogP contribution >= 0.6 is 0 Å². The fraction of sp³-hybridized carbons (Fsp3) is 1.00. The number of rotatable bonds is 2. The normalized spacial score (nSPS) is 42.3. The van der Waals surface area contributed by atoms with Crippen LogP contribution in [0, 0.1) is 5.92 Å². The van der Waals surface area contributed by atoms with Gasteiger partial charge in [-0.1, -0.05) is 6.92 Å². The van der Waals surface area contributed by atoms with Gasteiger partial charge < -0.3 is 5.32 Å². The van der Waals surface area contributed by atoms with Crippen molar-refractivity contribution in [3.05, 3.63) is 0 Å². The molecule has 1 aliphatic heterocycles. The highest BCUT2D eigenvalue weighted by Gasteiger charge is 2.44. The second-order valence-corrected chi connectivity index (χ2v) is 7.07. The second-order valence-electron chi connectivity index (χ2n) is 4.67. The van der Waals surface area contributed by atoms with Crippen molar-refractivity contribution in [2.75, 3.05) is 5.75 Å². The molecule has 14 heavy (non-hydrogen) atoms. The molecule has 3 atom stereocenters. The van der Waals surface area contributed by atoms with Crippen LogP contribution in [0.15, 0.2) is 0 Å². The zero-order valence-electron chi connectivity index (χ0n) is 8.86. The third-order valence-electron chi connectivity index (χ3n) is 3.56. The van der Waals surface area contributed by atoms with Gasteiger partial charge in [-0.2, -0.15) is 0 Å². The lowest BCUT2D eigenvalue weighted by Gasteiger charge is -2.35. The Hall–Kier alpha value is -0.0900. The topological polar surface area (TPSA) is 46.2 Å². The van der Waals surface area contributed by atoms with Gasteiger partial charge in [0, 0.05) is 12.1 Å². The summed E-state index contributed by atoms with van der Waals surface area (Å²) in [6.45, 7) is 3.91. The summed E-state index contributed by atoms with van der Waals surface area (Å²) in [5.41, 5.74) is 0. The van der Waals surface area contributed by atoms with E-state index in [9.17, 15) is 8.42 Å². The summed E-state index contributed by atoms with van der Waals surface area (Å²) in [7, 11) is -2.84. The highest BCUT2D eigenvalue weighted by atomic mass is 32.2. The highest BCUT2D eigenvalue weighted by Crippen LogP contribution is 2.37. The molecular formula is C10H19NO2S. The van der Waals surface area contributed by atoms with E-state index in [0.717, 1.165) is 6.42 Å². The number of hydrogen-bond donors (Lipinski definition) is 1. The maximum Gasteiger partial charge on any atom is 0.155 e. The van der Waals surface area contributed by atoms with Gasteiger partial charge in [0.05, 0.1) is 11.0 Å². The monoisotopic (exact) mass is 217 g/mol. The second kappa shape index (κ2) is 3.49. The standard InChI is InChI=1S/C10H19NO2S/c1-3-9-6-14(12,13)7(2)10(11-9)8-4-5-8/h7-11H,3-6H2,1-2H3. The summed E-state index contributed by atoms with van der Waals surface area (Å²) in [6, 6.07) is 0.403. The average Bonchev–Trinajstić information content (AvgIpc) is 2.92. The van der Waals surface area contributed by atoms with E-state index in [1.807, 2.05) is 13.8 Å². The molecule has 2 aliphatic rings. The van der Waals surface area contributed by atoms with Gasteiger partial charge in [0.15, 0.2) is 9.84 Å². The van der Waals surface area contributed by atoms with Crippen LogP contribution in [0.1, 0.15) is 33.1 Å². The minimum atomic E-state index is -2.84. The predicted molar refractivity (Wildman–Crippen MR) is 57.0 cm³/mol. The zero-order valence-corrected chi connectivity index (χ0v) is 9.68. The van der Waals surface area contributed by atoms with Crippen molar-refractivity contribution in [3.63, 3.8) is 0 Å². The van der Waals surface area contributed by atoms with Gasteiger partial charge in [0.25, 0.3) is 0 Å². The Morgan fingerprint density at radius 2 is 2.00 bits per heavy atom. The Balaban J connectivity index is 2.16. The molecule has 2 rings (SSSR count). The van der Waals surface area contributed by atoms with E-state index in [0.29, 0.717) is 11.7 Å². The number of hydrogen-bond acceptors (Lipinski definition) is 3. The average molecular weight is 217 g/mol. The highest BCUT2D eigenvalue weighted by molar-refractivity contribution is 7.92. The molecule has 1 N–H and O–H groups in total. The minimum absolute atomic E-state index is 0.182. The molecule has 0 spiro atoms. The molecule has 1 saturated heterocycles. The van der Waals surface area contributed by atoms with Gasteiger partial charge >= 0.3 is 0 Å². The van der Waals surface area contributed by atoms with E-state index in [1.165, 1.54) is 12.8 Å². The molecule has 0 aromatic carbocycles. The van der Waals surface area contributed by atoms with Gasteiger partial charge in [0.2, 0.25) is 0 Å². The molecule has 1 heterocycles. The first-order valence-corrected chi connectivity index (χ1v) is 7.23. The van der Waals surface area contributed by atoms with Crippen LogP contribution in [-0.4, -0.2) is 31.5 Å². The first kappa shape index (κ1) is 10.4. The molecule has 1 saturated carbocycles. The fourth-order valence-corrected chi connectivity index (χ4v) is 4.27. The summed E-state index contributed by atoms with van der Waals surface area (Å²) < 4.78 is 23.7. The summed E-state index contributed by atoms with van der Waals surface area (Å²) >= 11 is 0. The molecule has 0 aromatic heterocycles. The smallest absolute Gasteiger partial charge is 0.155 e. The molecule has 4 heteroatoms. The third-order valence-corrected chi connectivity index (χ3v) is 5.85. The van der Waals surface area contributed by atoms with Crippen LogP contribution in [-0.2, 0) is 9.84 Å². The zero-order chi connectivity index (χ0) is 10.3. The van der Waals surface area contributed by atoms with Crippen molar-refractivity contribution in [1.29, 1.82) is 0 Å². The van der Waals surface area contributed by atoms with Crippen LogP contribution < -0.4 is 5.32 Å². The van der Waals surface area contributed by atoms with Crippen molar-refractivity contribution in [1.82, 2.24) is 5.32 Å². The lowest BCUT2D eigenvalue weighted by atomic mass is 10.1. The molecular weight excluding hydrogens is 198 g/mol. The third kappa shape index (κ3) is 1.82. The quantitative estimate of drug-likeness (QED) is 0.749. The van der Waals surface area contributed by atoms with Crippen LogP contribution in [0.25, 0.3) is 0 Å². The van der Waals surface area contributed by atoms with Gasteiger partial charge in [-0.3, -0.25) is 0 Å². The van der Waals surface area contributed by atoms with Gasteiger partial charge in [-0.25, -0.2) is 8.42 Å². The van der Waals surface area contributed by atoms with Crippen molar-refractivity contribution >= 4 is 9.84 Å². The molecule has 0 radical (unpaired) electrons. The molecule has 0 amide bonds. The Bertz CT molecular complexity index is 308. The molecule has 3 nitrogen and oxygen atoms in total. The Kier molecular flexibility index (Phi) is 2.60. The van der Waals surface area contributed by atoms with Crippen LogP contribution in [0.5, 0.6) is 0 Å². The van der Waals surface area contributed by atoms with E-state index < -0.39 is 9.84 Å². The number of nitrogens with one attached hydrogen (secondary N) is 1. The van der Waals surface area contributed by atoms with Gasteiger partial charge in [0.1, 0.15) is 0 Å². The maximum atomic E-state index is 11.9. The Morgan fingerprint density at radius 1 is 1.36 bits per heavy atom. The SMILES string of the molecule is CCC1CS(=O)(=O)C(C)C(C2CC2)N1. The Morgan fingerprint density at radius 3 is 2.50 bits per heavy atom. The molecule has 82 valence electrons. The van der Waals surface area contributed by atoms with Crippen molar-refractivity contribution in [2.24, 2.45) is 5.92 Å². The summed E-state index contributed by atoms with van der Waals surface area (Å²) in [5.74, 6) is 0.947. The van der Waals surface area contributed by atoms with Crippen LogP contribution in [0.3, 0.4) is 0 Å². The van der Waals surface area contributed by atoms with Crippen LogP contribution in [0.2, 0.25) is 0 Å². The maximum absolute atomic E-state index is 11.9. The van der Waals surface area contributed by atoms with E-state index >= 15 is 0 Å². The van der Waals surface area contributed by atoms with Crippen molar-refractivity contribution in [2.45, 2.75) is 50.4 Å². The Labute approximate surface area is 86.2 Å². The van der Waals surface area contributed by atoms with E-state index in [-0.39, 0.29) is 17.3 Å². The largest absolute Gasteiger partial charge is 0.309 e. The summed E-state index contributed by atoms with van der Waals surface area (Å²) in [4.78, 5) is 0. The summed E-state index contributed by atoms with van der Waals surface area (Å²) in [5, 5.41) is 3.31. The van der Waals surface area contributed by atoms with E-state index in [2.05, 4.69) is 5.32 Å². The summed E-state index contributed by atoms with van der Waals surface area (Å²) in [6.07, 6.45) is 3.32. The van der Waals surface area contributed by atoms with E-state index in [4.69, 9.17) is 0 Å². The molecule has 2 fully saturated rings. The minimum Gasteiger partial charge on any atom is -0.309 e. The first-order chi connectivity index (χ1) is 6.54. The van der Waals surface area contributed by atoms with Crippen LogP contribution in [0.4, 0.5) is 0 Å². The van der Waals surface area contributed by atoms with Crippen molar-refractivity contribution in [3.8, 4) is 0 Å². The first-order valence-electron chi connectivity index (χ1n) is 5.52. The molecule has 3 unspecified atom stereocenters. The van der Waals surface area contributed by atoms with Gasteiger partial charge in [-0.05, 0) is 32.1 Å². The fourth-order valence-electron chi connectivity index (χ4n) is 2.32. The van der Waals surface area contributed by atoms with Gasteiger partial charge in [-0.15, -0.1) is 0 Å². The lowest BCUT2D eigenvalue weighted by Crippen LogP contribution is -2.57. The molecule has 1 aliphatic carbocycles.